The van der Waals surface area contributed by atoms with E-state index in [0.717, 1.165) is 17.7 Å². The number of benzene rings is 2. The molecule has 5 rings (SSSR count). The fourth-order valence-corrected chi connectivity index (χ4v) is 5.25. The molecule has 2 saturated heterocycles. The van der Waals surface area contributed by atoms with E-state index in [1.165, 1.54) is 14.0 Å². The summed E-state index contributed by atoms with van der Waals surface area (Å²) < 4.78 is 22.7. The van der Waals surface area contributed by atoms with E-state index >= 15 is 0 Å². The summed E-state index contributed by atoms with van der Waals surface area (Å²) in [6.45, 7) is 1.20. The third kappa shape index (κ3) is 4.14. The Labute approximate surface area is 202 Å². The molecule has 0 radical (unpaired) electrons. The van der Waals surface area contributed by atoms with Crippen LogP contribution in [0.2, 0.25) is 0 Å². The molecule has 0 bridgehead atoms. The molecular formula is C26H29FN4O4. The third-order valence-electron chi connectivity index (χ3n) is 7.24. The first kappa shape index (κ1) is 23.3. The molecule has 3 aromatic rings. The van der Waals surface area contributed by atoms with Gasteiger partial charge in [0.05, 0.1) is 24.7 Å². The number of hydrogen-bond donors (Lipinski definition) is 1. The highest BCUT2D eigenvalue weighted by molar-refractivity contribution is 6.00. The zero-order valence-corrected chi connectivity index (χ0v) is 19.9. The molecule has 3 atom stereocenters. The Hall–Kier alpha value is -3.46. The first-order chi connectivity index (χ1) is 16.9. The summed E-state index contributed by atoms with van der Waals surface area (Å²) >= 11 is 0. The quantitative estimate of drug-likeness (QED) is 0.568. The van der Waals surface area contributed by atoms with Crippen molar-refractivity contribution >= 4 is 22.8 Å². The monoisotopic (exact) mass is 480 g/mol. The van der Waals surface area contributed by atoms with Crippen molar-refractivity contribution in [1.29, 1.82) is 0 Å². The van der Waals surface area contributed by atoms with Crippen LogP contribution < -0.4 is 15.7 Å². The smallest absolute Gasteiger partial charge is 0.329 e. The lowest BCUT2D eigenvalue weighted by Crippen LogP contribution is -2.47. The van der Waals surface area contributed by atoms with Gasteiger partial charge in [-0.1, -0.05) is 18.2 Å². The standard InChI is InChI=1S/C26H29FN4O4/c1-29-23-13-17(19-11-12-28-14-20(19)27)5-8-21(23)31(26(29)34)22-9-10-24(32)30(25(22)33)15-16-3-6-18(35-2)7-4-16/h3-8,13,19-20,22,28H,9-12,14-15H2,1-2H3/t19?,20-,22?/m0/s1. The van der Waals surface area contributed by atoms with Crippen LogP contribution in [0.4, 0.5) is 4.39 Å². The number of ether oxygens (including phenoxy) is 1. The van der Waals surface area contributed by atoms with Crippen LogP contribution in [0.5, 0.6) is 5.75 Å². The van der Waals surface area contributed by atoms with Crippen molar-refractivity contribution < 1.29 is 18.7 Å². The van der Waals surface area contributed by atoms with Crippen molar-refractivity contribution in [1.82, 2.24) is 19.4 Å². The van der Waals surface area contributed by atoms with E-state index in [4.69, 9.17) is 4.74 Å². The van der Waals surface area contributed by atoms with Gasteiger partial charge in [-0.25, -0.2) is 9.18 Å². The van der Waals surface area contributed by atoms with Crippen LogP contribution in [-0.4, -0.2) is 52.2 Å². The molecule has 35 heavy (non-hydrogen) atoms. The largest absolute Gasteiger partial charge is 0.497 e. The summed E-state index contributed by atoms with van der Waals surface area (Å²) in [5.74, 6) is -0.184. The first-order valence-corrected chi connectivity index (χ1v) is 11.9. The van der Waals surface area contributed by atoms with Crippen LogP contribution in [0.1, 0.15) is 42.3 Å². The minimum atomic E-state index is -0.988. The number of carbonyl (C=O) groups excluding carboxylic acids is 2. The molecular weight excluding hydrogens is 451 g/mol. The number of methoxy groups -OCH3 is 1. The van der Waals surface area contributed by atoms with Crippen molar-refractivity contribution in [3.8, 4) is 5.75 Å². The molecule has 2 amide bonds. The zero-order valence-electron chi connectivity index (χ0n) is 19.9. The fraction of sp³-hybridized carbons (Fsp3) is 0.423. The molecule has 8 nitrogen and oxygen atoms in total. The summed E-state index contributed by atoms with van der Waals surface area (Å²) in [4.78, 5) is 40.7. The van der Waals surface area contributed by atoms with E-state index in [1.807, 2.05) is 24.3 Å². The summed E-state index contributed by atoms with van der Waals surface area (Å²) in [6.07, 6.45) is 0.132. The molecule has 2 aromatic carbocycles. The lowest BCUT2D eigenvalue weighted by Gasteiger charge is -2.31. The number of nitrogens with zero attached hydrogens (tertiary/aromatic N) is 3. The zero-order chi connectivity index (χ0) is 24.7. The third-order valence-corrected chi connectivity index (χ3v) is 7.24. The number of piperidine rings is 2. The number of aryl methyl sites for hydroxylation is 1. The highest BCUT2D eigenvalue weighted by Gasteiger charge is 2.37. The van der Waals surface area contributed by atoms with E-state index in [0.29, 0.717) is 29.7 Å². The second kappa shape index (κ2) is 9.30. The molecule has 2 aliphatic heterocycles. The van der Waals surface area contributed by atoms with Gasteiger partial charge in [0.2, 0.25) is 5.91 Å². The number of imidazole rings is 1. The Morgan fingerprint density at radius 2 is 1.83 bits per heavy atom. The molecule has 9 heteroatoms. The molecule has 3 heterocycles. The predicted molar refractivity (Wildman–Crippen MR) is 129 cm³/mol. The van der Waals surface area contributed by atoms with Gasteiger partial charge in [-0.3, -0.25) is 23.6 Å². The number of fused-ring (bicyclic) bond motifs is 1. The van der Waals surface area contributed by atoms with Gasteiger partial charge in [0.15, 0.2) is 0 Å². The second-order valence-electron chi connectivity index (χ2n) is 9.30. The Morgan fingerprint density at radius 1 is 1.06 bits per heavy atom. The number of carbonyl (C=O) groups is 2. The van der Waals surface area contributed by atoms with Gasteiger partial charge < -0.3 is 10.1 Å². The van der Waals surface area contributed by atoms with Crippen molar-refractivity contribution in [2.45, 2.75) is 43.9 Å². The van der Waals surface area contributed by atoms with Crippen LogP contribution in [0.25, 0.3) is 11.0 Å². The Kier molecular flexibility index (Phi) is 6.19. The van der Waals surface area contributed by atoms with Gasteiger partial charge in [-0.2, -0.15) is 0 Å². The molecule has 2 aliphatic rings. The van der Waals surface area contributed by atoms with Crippen LogP contribution >= 0.6 is 0 Å². The minimum absolute atomic E-state index is 0.134. The highest BCUT2D eigenvalue weighted by Crippen LogP contribution is 2.32. The van der Waals surface area contributed by atoms with Crippen molar-refractivity contribution in [2.24, 2.45) is 7.05 Å². The SMILES string of the molecule is COc1ccc(CN2C(=O)CCC(n3c(=O)n(C)c4cc(C5CCNC[C@@H]5F)ccc43)C2=O)cc1. The molecule has 0 aliphatic carbocycles. The number of amides is 2. The van der Waals surface area contributed by atoms with Gasteiger partial charge >= 0.3 is 5.69 Å². The Balaban J connectivity index is 1.47. The van der Waals surface area contributed by atoms with Crippen molar-refractivity contribution in [3.63, 3.8) is 0 Å². The topological polar surface area (TPSA) is 85.6 Å². The Morgan fingerprint density at radius 3 is 2.54 bits per heavy atom. The first-order valence-electron chi connectivity index (χ1n) is 11.9. The lowest BCUT2D eigenvalue weighted by molar-refractivity contribution is -0.151. The van der Waals surface area contributed by atoms with Gasteiger partial charge in [-0.15, -0.1) is 0 Å². The molecule has 184 valence electrons. The average Bonchev–Trinajstić information content (AvgIpc) is 3.12. The van der Waals surface area contributed by atoms with Crippen LogP contribution in [0, 0.1) is 0 Å². The number of alkyl halides is 1. The van der Waals surface area contributed by atoms with Gasteiger partial charge in [0, 0.05) is 25.9 Å². The fourth-order valence-electron chi connectivity index (χ4n) is 5.25. The van der Waals surface area contributed by atoms with E-state index in [-0.39, 0.29) is 36.9 Å². The second-order valence-corrected chi connectivity index (χ2v) is 9.30. The molecule has 1 aromatic heterocycles. The number of imide groups is 1. The normalized spacial score (nSPS) is 23.2. The van der Waals surface area contributed by atoms with Gasteiger partial charge in [0.25, 0.3) is 5.91 Å². The number of likely N-dealkylation sites (tertiary alicyclic amines) is 1. The molecule has 1 N–H and O–H groups in total. The maximum Gasteiger partial charge on any atom is 0.329 e. The lowest BCUT2D eigenvalue weighted by atomic mass is 9.88. The van der Waals surface area contributed by atoms with Gasteiger partial charge in [0.1, 0.15) is 18.0 Å². The number of halogens is 1. The maximum atomic E-state index is 14.5. The highest BCUT2D eigenvalue weighted by atomic mass is 19.1. The molecule has 2 unspecified atom stereocenters. The number of aromatic nitrogens is 2. The number of hydrogen-bond acceptors (Lipinski definition) is 5. The number of nitrogens with one attached hydrogen (secondary N) is 1. The average molecular weight is 481 g/mol. The van der Waals surface area contributed by atoms with E-state index in [2.05, 4.69) is 5.32 Å². The summed E-state index contributed by atoms with van der Waals surface area (Å²) in [5, 5.41) is 3.06. The van der Waals surface area contributed by atoms with E-state index < -0.39 is 18.1 Å². The molecule has 0 saturated carbocycles. The van der Waals surface area contributed by atoms with Crippen LogP contribution in [0.3, 0.4) is 0 Å². The minimum Gasteiger partial charge on any atom is -0.497 e. The van der Waals surface area contributed by atoms with Crippen molar-refractivity contribution in [3.05, 3.63) is 64.1 Å². The van der Waals surface area contributed by atoms with E-state index in [9.17, 15) is 18.8 Å². The van der Waals surface area contributed by atoms with Crippen molar-refractivity contribution in [2.75, 3.05) is 20.2 Å². The van der Waals surface area contributed by atoms with Crippen LogP contribution in [-0.2, 0) is 23.2 Å². The van der Waals surface area contributed by atoms with E-state index in [1.54, 1.807) is 32.4 Å². The van der Waals surface area contributed by atoms with Gasteiger partial charge in [-0.05, 0) is 54.8 Å². The van der Waals surface area contributed by atoms with Crippen LogP contribution in [0.15, 0.2) is 47.3 Å². The summed E-state index contributed by atoms with van der Waals surface area (Å²) in [6, 6.07) is 11.9. The maximum absolute atomic E-state index is 14.5. The predicted octanol–water partition coefficient (Wildman–Crippen LogP) is 2.65. The Bertz CT molecular complexity index is 1330. The molecule has 0 spiro atoms. The molecule has 2 fully saturated rings. The summed E-state index contributed by atoms with van der Waals surface area (Å²) in [5.41, 5.74) is 2.60. The summed E-state index contributed by atoms with van der Waals surface area (Å²) in [7, 11) is 3.23. The number of rotatable bonds is 5.